The Bertz CT molecular complexity index is 865. The van der Waals surface area contributed by atoms with Gasteiger partial charge in [-0.25, -0.2) is 4.98 Å². The van der Waals surface area contributed by atoms with E-state index in [1.165, 1.54) is 0 Å². The minimum Gasteiger partial charge on any atom is -0.292 e. The van der Waals surface area contributed by atoms with E-state index in [9.17, 15) is 4.79 Å². The first-order valence-corrected chi connectivity index (χ1v) is 9.83. The van der Waals surface area contributed by atoms with Crippen molar-refractivity contribution in [3.05, 3.63) is 52.8 Å². The van der Waals surface area contributed by atoms with Crippen molar-refractivity contribution in [1.82, 2.24) is 14.5 Å². The van der Waals surface area contributed by atoms with Crippen molar-refractivity contribution in [3.8, 4) is 0 Å². The molecule has 0 fully saturated rings. The van der Waals surface area contributed by atoms with Crippen LogP contribution in [-0.2, 0) is 0 Å². The number of allylic oxidation sites excluding steroid dienone is 4. The molecule has 0 spiro atoms. The average Bonchev–Trinajstić information content (AvgIpc) is 2.64. The smallest absolute Gasteiger partial charge is 0.266 e. The predicted molar refractivity (Wildman–Crippen MR) is 107 cm³/mol. The molecule has 0 saturated carbocycles. The Kier molecular flexibility index (Phi) is 5.76. The molecule has 2 aromatic rings. The minimum atomic E-state index is 0.0117. The molecule has 1 aliphatic rings. The lowest BCUT2D eigenvalue weighted by Crippen LogP contribution is -2.31. The molecule has 1 aromatic carbocycles. The zero-order valence-corrected chi connectivity index (χ0v) is 15.9. The Morgan fingerprint density at radius 1 is 1.24 bits per heavy atom. The van der Waals surface area contributed by atoms with Gasteiger partial charge in [-0.05, 0) is 51.1 Å². The van der Waals surface area contributed by atoms with E-state index in [4.69, 9.17) is 4.98 Å². The molecular weight excluding hydrogens is 330 g/mol. The molecule has 3 rings (SSSR count). The number of para-hydroxylation sites is 1. The lowest BCUT2D eigenvalue weighted by Gasteiger charge is -2.26. The standard InChI is InChI=1S/C20H25N3OS/c1-4-22(5-2)15(3)25-20-21-18-14-10-9-13-17(18)19(24)23(20)16-11-7-6-8-12-16/h7,9-15H,4-6,8H2,1-3H3. The Morgan fingerprint density at radius 3 is 2.68 bits per heavy atom. The third-order valence-corrected chi connectivity index (χ3v) is 5.71. The lowest BCUT2D eigenvalue weighted by atomic mass is 10.1. The molecule has 1 aromatic heterocycles. The molecule has 0 saturated heterocycles. The van der Waals surface area contributed by atoms with E-state index in [-0.39, 0.29) is 10.9 Å². The van der Waals surface area contributed by atoms with Gasteiger partial charge >= 0.3 is 0 Å². The number of thioether (sulfide) groups is 1. The first kappa shape index (κ1) is 18.0. The van der Waals surface area contributed by atoms with Gasteiger partial charge in [-0.1, -0.05) is 49.9 Å². The number of hydrogen-bond donors (Lipinski definition) is 0. The fourth-order valence-corrected chi connectivity index (χ4v) is 4.35. The first-order chi connectivity index (χ1) is 12.2. The van der Waals surface area contributed by atoms with Crippen LogP contribution in [0.5, 0.6) is 0 Å². The van der Waals surface area contributed by atoms with Gasteiger partial charge in [0.1, 0.15) is 0 Å². The first-order valence-electron chi connectivity index (χ1n) is 8.95. The van der Waals surface area contributed by atoms with Gasteiger partial charge in [-0.15, -0.1) is 0 Å². The highest BCUT2D eigenvalue weighted by Crippen LogP contribution is 2.27. The minimum absolute atomic E-state index is 0.0117. The zero-order valence-electron chi connectivity index (χ0n) is 15.1. The summed E-state index contributed by atoms with van der Waals surface area (Å²) < 4.78 is 1.78. The fraction of sp³-hybridized carbons (Fsp3) is 0.400. The van der Waals surface area contributed by atoms with Gasteiger partial charge in [0.25, 0.3) is 5.56 Å². The van der Waals surface area contributed by atoms with Gasteiger partial charge in [-0.2, -0.15) is 0 Å². The molecule has 0 bridgehead atoms. The summed E-state index contributed by atoms with van der Waals surface area (Å²) in [6.45, 7) is 8.45. The molecular formula is C20H25N3OS. The summed E-state index contributed by atoms with van der Waals surface area (Å²) in [5, 5.41) is 1.69. The fourth-order valence-electron chi connectivity index (χ4n) is 3.15. The van der Waals surface area contributed by atoms with Crippen molar-refractivity contribution in [2.24, 2.45) is 0 Å². The number of hydrogen-bond acceptors (Lipinski definition) is 4. The maximum atomic E-state index is 13.2. The van der Waals surface area contributed by atoms with Crippen molar-refractivity contribution >= 4 is 28.4 Å². The van der Waals surface area contributed by atoms with Crippen LogP contribution in [0.3, 0.4) is 0 Å². The van der Waals surface area contributed by atoms with E-state index in [1.54, 1.807) is 16.3 Å². The molecule has 1 aliphatic carbocycles. The average molecular weight is 356 g/mol. The van der Waals surface area contributed by atoms with E-state index < -0.39 is 0 Å². The number of aromatic nitrogens is 2. The molecule has 0 aliphatic heterocycles. The summed E-state index contributed by atoms with van der Waals surface area (Å²) in [4.78, 5) is 20.3. The Hall–Kier alpha value is -1.85. The van der Waals surface area contributed by atoms with Crippen LogP contribution >= 0.6 is 11.8 Å². The molecule has 132 valence electrons. The Morgan fingerprint density at radius 2 is 2.00 bits per heavy atom. The van der Waals surface area contributed by atoms with Crippen molar-refractivity contribution in [2.45, 2.75) is 44.1 Å². The van der Waals surface area contributed by atoms with Gasteiger partial charge in [0.2, 0.25) is 0 Å². The maximum absolute atomic E-state index is 13.2. The van der Waals surface area contributed by atoms with Crippen LogP contribution in [0.2, 0.25) is 0 Å². The third-order valence-electron chi connectivity index (χ3n) is 4.58. The summed E-state index contributed by atoms with van der Waals surface area (Å²) >= 11 is 1.65. The molecule has 1 unspecified atom stereocenters. The van der Waals surface area contributed by atoms with Crippen LogP contribution in [-0.4, -0.2) is 32.9 Å². The highest BCUT2D eigenvalue weighted by Gasteiger charge is 2.19. The molecule has 0 amide bonds. The summed E-state index contributed by atoms with van der Waals surface area (Å²) in [7, 11) is 0. The van der Waals surface area contributed by atoms with Gasteiger partial charge in [0.05, 0.1) is 16.3 Å². The molecule has 1 atom stereocenters. The predicted octanol–water partition coefficient (Wildman–Crippen LogP) is 4.37. The second kappa shape index (κ2) is 8.02. The van der Waals surface area contributed by atoms with Crippen LogP contribution in [0.15, 0.2) is 52.4 Å². The quantitative estimate of drug-likeness (QED) is 0.438. The van der Waals surface area contributed by atoms with E-state index in [1.807, 2.05) is 30.3 Å². The number of rotatable bonds is 6. The van der Waals surface area contributed by atoms with Crippen LogP contribution in [0, 0.1) is 0 Å². The summed E-state index contributed by atoms with van der Waals surface area (Å²) in [5.74, 6) is 0. The molecule has 25 heavy (non-hydrogen) atoms. The molecule has 4 nitrogen and oxygen atoms in total. The molecule has 0 radical (unpaired) electrons. The lowest BCUT2D eigenvalue weighted by molar-refractivity contribution is 0.296. The highest BCUT2D eigenvalue weighted by atomic mass is 32.2. The normalized spacial score (nSPS) is 15.6. The number of nitrogens with zero attached hydrogens (tertiary/aromatic N) is 3. The van der Waals surface area contributed by atoms with Crippen LogP contribution < -0.4 is 5.56 Å². The van der Waals surface area contributed by atoms with E-state index >= 15 is 0 Å². The van der Waals surface area contributed by atoms with Crippen LogP contribution in [0.4, 0.5) is 0 Å². The SMILES string of the molecule is CCN(CC)C(C)Sc1nc2ccccc2c(=O)n1C1=CCCC=C1. The number of fused-ring (bicyclic) bond motifs is 1. The monoisotopic (exact) mass is 355 g/mol. The Labute approximate surface area is 153 Å². The van der Waals surface area contributed by atoms with Crippen LogP contribution in [0.25, 0.3) is 16.6 Å². The largest absolute Gasteiger partial charge is 0.292 e. The van der Waals surface area contributed by atoms with Crippen molar-refractivity contribution in [2.75, 3.05) is 13.1 Å². The van der Waals surface area contributed by atoms with Gasteiger partial charge < -0.3 is 0 Å². The van der Waals surface area contributed by atoms with Crippen LogP contribution in [0.1, 0.15) is 33.6 Å². The van der Waals surface area contributed by atoms with Gasteiger partial charge in [0.15, 0.2) is 5.16 Å². The summed E-state index contributed by atoms with van der Waals surface area (Å²) in [6.07, 6.45) is 8.27. The second-order valence-electron chi connectivity index (χ2n) is 6.10. The summed E-state index contributed by atoms with van der Waals surface area (Å²) in [5.41, 5.74) is 1.71. The molecule has 0 N–H and O–H groups in total. The third kappa shape index (κ3) is 3.72. The zero-order chi connectivity index (χ0) is 17.8. The molecule has 5 heteroatoms. The highest BCUT2D eigenvalue weighted by molar-refractivity contribution is 7.99. The topological polar surface area (TPSA) is 38.1 Å². The van der Waals surface area contributed by atoms with Gasteiger partial charge in [-0.3, -0.25) is 14.3 Å². The number of benzene rings is 1. The maximum Gasteiger partial charge on any atom is 0.266 e. The van der Waals surface area contributed by atoms with Gasteiger partial charge in [0, 0.05) is 5.70 Å². The van der Waals surface area contributed by atoms with Crippen molar-refractivity contribution < 1.29 is 0 Å². The van der Waals surface area contributed by atoms with E-state index in [0.717, 1.165) is 42.3 Å². The summed E-state index contributed by atoms with van der Waals surface area (Å²) in [6, 6.07) is 7.60. The molecule has 1 heterocycles. The van der Waals surface area contributed by atoms with E-state index in [0.29, 0.717) is 5.39 Å². The van der Waals surface area contributed by atoms with Crippen molar-refractivity contribution in [1.29, 1.82) is 0 Å². The van der Waals surface area contributed by atoms with Crippen molar-refractivity contribution in [3.63, 3.8) is 0 Å². The second-order valence-corrected chi connectivity index (χ2v) is 7.38. The van der Waals surface area contributed by atoms with E-state index in [2.05, 4.69) is 37.8 Å². The Balaban J connectivity index is 2.13.